The van der Waals surface area contributed by atoms with Crippen LogP contribution < -0.4 is 4.74 Å². The van der Waals surface area contributed by atoms with Gasteiger partial charge < -0.3 is 19.5 Å². The molecule has 2 aromatic carbocycles. The summed E-state index contributed by atoms with van der Waals surface area (Å²) in [7, 11) is 1.62. The van der Waals surface area contributed by atoms with Gasteiger partial charge in [-0.2, -0.15) is 5.10 Å². The molecule has 5 rings (SSSR count). The smallest absolute Gasteiger partial charge is 0.275 e. The van der Waals surface area contributed by atoms with Crippen LogP contribution in [0.25, 0.3) is 0 Å². The van der Waals surface area contributed by atoms with E-state index in [-0.39, 0.29) is 54.4 Å². The molecule has 1 amide bonds. The second kappa shape index (κ2) is 8.86. The number of hydrogen-bond acceptors (Lipinski definition) is 6. The quantitative estimate of drug-likeness (QED) is 0.771. The summed E-state index contributed by atoms with van der Waals surface area (Å²) in [6.45, 7) is 0.791. The minimum atomic E-state index is -0.312. The van der Waals surface area contributed by atoms with Crippen LogP contribution in [0.3, 0.4) is 0 Å². The van der Waals surface area contributed by atoms with E-state index in [1.165, 1.54) is 12.1 Å². The SMILES string of the molecule is COc1ccc([C@@H](c2ccc(F)cc2)[C@H]2[C@H]3CCCN3C(=O)/C3=C(\O)COC/C=N\N32)cc1. The Morgan fingerprint density at radius 3 is 2.55 bits per heavy atom. The molecular formula is C25H26FN3O4. The molecule has 2 saturated heterocycles. The summed E-state index contributed by atoms with van der Waals surface area (Å²) in [4.78, 5) is 15.2. The number of carbonyl (C=O) groups excluding carboxylic acids is 1. The molecule has 0 unspecified atom stereocenters. The molecular weight excluding hydrogens is 425 g/mol. The number of piperazine rings is 1. The van der Waals surface area contributed by atoms with Gasteiger partial charge in [0, 0.05) is 12.5 Å². The minimum Gasteiger partial charge on any atom is -0.507 e. The van der Waals surface area contributed by atoms with Crippen molar-refractivity contribution in [2.45, 2.75) is 30.8 Å². The van der Waals surface area contributed by atoms with Crippen molar-refractivity contribution in [3.8, 4) is 5.75 Å². The number of aliphatic hydroxyl groups excluding tert-OH is 1. The fraction of sp³-hybridized carbons (Fsp3) is 0.360. The second-order valence-corrected chi connectivity index (χ2v) is 8.45. The zero-order chi connectivity index (χ0) is 22.9. The lowest BCUT2D eigenvalue weighted by Gasteiger charge is -2.47. The molecule has 0 spiro atoms. The maximum absolute atomic E-state index is 13.8. The first-order valence-corrected chi connectivity index (χ1v) is 11.1. The molecule has 1 N–H and O–H groups in total. The number of methoxy groups -OCH3 is 1. The van der Waals surface area contributed by atoms with Gasteiger partial charge in [0.2, 0.25) is 0 Å². The van der Waals surface area contributed by atoms with Gasteiger partial charge >= 0.3 is 0 Å². The van der Waals surface area contributed by atoms with Crippen LogP contribution in [0.1, 0.15) is 29.9 Å². The predicted octanol–water partition coefficient (Wildman–Crippen LogP) is 3.43. The highest BCUT2D eigenvalue weighted by molar-refractivity contribution is 5.95. The Labute approximate surface area is 191 Å². The predicted molar refractivity (Wildman–Crippen MR) is 121 cm³/mol. The number of hydrazone groups is 1. The van der Waals surface area contributed by atoms with Crippen LogP contribution in [-0.4, -0.2) is 66.1 Å². The number of ether oxygens (including phenoxy) is 2. The number of benzene rings is 2. The lowest BCUT2D eigenvalue weighted by atomic mass is 9.79. The lowest BCUT2D eigenvalue weighted by Crippen LogP contribution is -2.59. The third-order valence-electron chi connectivity index (χ3n) is 6.62. The van der Waals surface area contributed by atoms with Crippen LogP contribution in [0.15, 0.2) is 65.1 Å². The average molecular weight is 451 g/mol. The molecule has 2 aromatic rings. The van der Waals surface area contributed by atoms with Crippen molar-refractivity contribution < 1.29 is 23.8 Å². The van der Waals surface area contributed by atoms with Crippen LogP contribution >= 0.6 is 0 Å². The third kappa shape index (κ3) is 3.84. The Kier molecular flexibility index (Phi) is 5.76. The van der Waals surface area contributed by atoms with Gasteiger partial charge in [0.15, 0.2) is 5.70 Å². The molecule has 0 radical (unpaired) electrons. The molecule has 172 valence electrons. The molecule has 3 aliphatic heterocycles. The highest BCUT2D eigenvalue weighted by atomic mass is 19.1. The van der Waals surface area contributed by atoms with Crippen LogP contribution in [0.2, 0.25) is 0 Å². The molecule has 0 bridgehead atoms. The van der Waals surface area contributed by atoms with Crippen molar-refractivity contribution in [2.75, 3.05) is 26.9 Å². The zero-order valence-corrected chi connectivity index (χ0v) is 18.4. The Morgan fingerprint density at radius 2 is 1.85 bits per heavy atom. The van der Waals surface area contributed by atoms with Crippen LogP contribution in [-0.2, 0) is 9.53 Å². The Balaban J connectivity index is 1.69. The Hall–Kier alpha value is -3.39. The number of halogens is 1. The number of rotatable bonds is 4. The molecule has 2 fully saturated rings. The first kappa shape index (κ1) is 21.5. The molecule has 0 saturated carbocycles. The Bertz CT molecular complexity index is 1080. The van der Waals surface area contributed by atoms with Gasteiger partial charge in [-0.3, -0.25) is 9.80 Å². The molecule has 0 aromatic heterocycles. The molecule has 7 nitrogen and oxygen atoms in total. The first-order valence-electron chi connectivity index (χ1n) is 11.1. The fourth-order valence-electron chi connectivity index (χ4n) is 5.17. The number of hydrogen-bond donors (Lipinski definition) is 1. The normalized spacial score (nSPS) is 26.8. The van der Waals surface area contributed by atoms with E-state index >= 15 is 0 Å². The van der Waals surface area contributed by atoms with Crippen molar-refractivity contribution in [3.05, 3.63) is 76.9 Å². The van der Waals surface area contributed by atoms with E-state index in [1.54, 1.807) is 30.5 Å². The molecule has 33 heavy (non-hydrogen) atoms. The van der Waals surface area contributed by atoms with Gasteiger partial charge in [0.25, 0.3) is 5.91 Å². The largest absolute Gasteiger partial charge is 0.507 e. The molecule has 3 aliphatic rings. The third-order valence-corrected chi connectivity index (χ3v) is 6.62. The fourth-order valence-corrected chi connectivity index (χ4v) is 5.17. The van der Waals surface area contributed by atoms with Gasteiger partial charge in [-0.15, -0.1) is 0 Å². The Morgan fingerprint density at radius 1 is 1.15 bits per heavy atom. The van der Waals surface area contributed by atoms with E-state index in [4.69, 9.17) is 9.47 Å². The van der Waals surface area contributed by atoms with Gasteiger partial charge in [0.1, 0.15) is 23.9 Å². The van der Waals surface area contributed by atoms with E-state index in [0.717, 1.165) is 29.7 Å². The number of nitrogens with zero attached hydrogens (tertiary/aromatic N) is 3. The topological polar surface area (TPSA) is 74.6 Å². The lowest BCUT2D eigenvalue weighted by molar-refractivity contribution is -0.136. The minimum absolute atomic E-state index is 0.0570. The number of aliphatic hydroxyl groups is 1. The monoisotopic (exact) mass is 451 g/mol. The van der Waals surface area contributed by atoms with Crippen LogP contribution in [0.5, 0.6) is 5.75 Å². The zero-order valence-electron chi connectivity index (χ0n) is 18.4. The number of fused-ring (bicyclic) bond motifs is 2. The van der Waals surface area contributed by atoms with E-state index in [2.05, 4.69) is 5.10 Å². The molecule has 8 heteroatoms. The van der Waals surface area contributed by atoms with E-state index < -0.39 is 0 Å². The number of carbonyl (C=O) groups is 1. The van der Waals surface area contributed by atoms with Crippen molar-refractivity contribution in [1.82, 2.24) is 9.91 Å². The molecule has 3 atom stereocenters. The van der Waals surface area contributed by atoms with E-state index in [9.17, 15) is 14.3 Å². The van der Waals surface area contributed by atoms with Gasteiger partial charge in [-0.25, -0.2) is 4.39 Å². The standard InChI is InChI=1S/C25H26FN3O4/c1-32-19-10-6-17(7-11-19)22(16-4-8-18(26)9-5-16)23-20-3-2-13-28(20)25(31)24-21(30)15-33-14-12-27-29(23)24/h4-12,20,22-23,30H,2-3,13-15H2,1H3/b24-21+,27-12-/t20-,22-,23-/m1/s1. The summed E-state index contributed by atoms with van der Waals surface area (Å²) in [6, 6.07) is 13.8. The van der Waals surface area contributed by atoms with Crippen molar-refractivity contribution >= 4 is 12.1 Å². The summed E-state index contributed by atoms with van der Waals surface area (Å²) in [6.07, 6.45) is 3.31. The maximum atomic E-state index is 13.8. The van der Waals surface area contributed by atoms with Gasteiger partial charge in [-0.05, 0) is 48.2 Å². The van der Waals surface area contributed by atoms with Crippen LogP contribution in [0, 0.1) is 5.82 Å². The highest BCUT2D eigenvalue weighted by Gasteiger charge is 2.51. The summed E-state index contributed by atoms with van der Waals surface area (Å²) in [5.74, 6) is -0.178. The van der Waals surface area contributed by atoms with E-state index in [1.807, 2.05) is 29.2 Å². The maximum Gasteiger partial charge on any atom is 0.275 e. The number of amides is 1. The van der Waals surface area contributed by atoms with Crippen molar-refractivity contribution in [1.29, 1.82) is 0 Å². The molecule has 3 heterocycles. The average Bonchev–Trinajstić information content (AvgIpc) is 3.31. The van der Waals surface area contributed by atoms with Gasteiger partial charge in [0.05, 0.1) is 32.0 Å². The van der Waals surface area contributed by atoms with Crippen molar-refractivity contribution in [2.24, 2.45) is 5.10 Å². The summed E-state index contributed by atoms with van der Waals surface area (Å²) >= 11 is 0. The summed E-state index contributed by atoms with van der Waals surface area (Å²) in [5.41, 5.74) is 2.04. The van der Waals surface area contributed by atoms with Crippen molar-refractivity contribution in [3.63, 3.8) is 0 Å². The van der Waals surface area contributed by atoms with Crippen LogP contribution in [0.4, 0.5) is 4.39 Å². The summed E-state index contributed by atoms with van der Waals surface area (Å²) < 4.78 is 24.5. The molecule has 0 aliphatic carbocycles. The second-order valence-electron chi connectivity index (χ2n) is 8.45. The highest BCUT2D eigenvalue weighted by Crippen LogP contribution is 2.43. The van der Waals surface area contributed by atoms with E-state index in [0.29, 0.717) is 6.54 Å². The first-order chi connectivity index (χ1) is 16.1. The summed E-state index contributed by atoms with van der Waals surface area (Å²) in [5, 5.41) is 17.0. The van der Waals surface area contributed by atoms with Gasteiger partial charge in [-0.1, -0.05) is 24.3 Å².